The maximum Gasteiger partial charge on any atom is 0.0658 e. The first-order valence-electron chi connectivity index (χ1n) is 13.0. The highest BCUT2D eigenvalue weighted by molar-refractivity contribution is 6.19. The molecule has 8 bridgehead atoms. The smallest absolute Gasteiger partial charge is 0.0658 e. The van der Waals surface area contributed by atoms with Gasteiger partial charge in [-0.2, -0.15) is 0 Å². The number of nitrogens with one attached hydrogen (secondary N) is 1. The molecule has 0 aromatic carbocycles. The lowest BCUT2D eigenvalue weighted by molar-refractivity contribution is 0.299. The van der Waals surface area contributed by atoms with E-state index in [1.165, 1.54) is 0 Å². The highest BCUT2D eigenvalue weighted by Gasteiger charge is 2.20. The highest BCUT2D eigenvalue weighted by Crippen LogP contribution is 2.27. The second-order valence-electron chi connectivity index (χ2n) is 9.08. The lowest BCUT2D eigenvalue weighted by Crippen LogP contribution is -2.18. The number of fused-ring (bicyclic) bond motifs is 7. The summed E-state index contributed by atoms with van der Waals surface area (Å²) in [6, 6.07) is 6.51. The molecular weight excluding hydrogens is 452 g/mol. The van der Waals surface area contributed by atoms with Gasteiger partial charge < -0.3 is 35.8 Å². The summed E-state index contributed by atoms with van der Waals surface area (Å²) in [4.78, 5) is 8.20. The summed E-state index contributed by atoms with van der Waals surface area (Å²) in [6.07, 6.45) is 11.4. The van der Waals surface area contributed by atoms with Crippen molar-refractivity contribution in [3.8, 4) is 0 Å². The SMILES string of the molecule is [2H]c1c(CCO)c2n(CCN)c1C=c1ccc([nH]1)=CC1=NC(=Cc3c(CCO)cc(n3CCN)C2)C=C1. The summed E-state index contributed by atoms with van der Waals surface area (Å²) >= 11 is 0. The molecule has 0 saturated carbocycles. The minimum absolute atomic E-state index is 0.0324. The predicted molar refractivity (Wildman–Crippen MR) is 144 cm³/mol. The largest absolute Gasteiger partial charge is 0.396 e. The van der Waals surface area contributed by atoms with Crippen molar-refractivity contribution in [1.82, 2.24) is 14.1 Å². The standard InChI is InChI=1S/C28H34N6O2/c29-7-9-33-25-13-20(6-12-36)28(33)18-26-14-19(5-11-35)27(34(26)10-8-30)17-24-4-2-22(32-24)15-21-1-3-23(16-25)31-21/h1-4,13-17,31,35-36H,5-12,18,29-30H2/i13D. The Morgan fingerprint density at radius 2 is 1.67 bits per heavy atom. The Kier molecular flexibility index (Phi) is 6.82. The lowest BCUT2D eigenvalue weighted by Gasteiger charge is -2.16. The van der Waals surface area contributed by atoms with Crippen LogP contribution in [0, 0.1) is 0 Å². The molecule has 7 N–H and O–H groups in total. The number of aliphatic hydroxyl groups is 2. The van der Waals surface area contributed by atoms with Gasteiger partial charge in [-0.25, -0.2) is 4.99 Å². The van der Waals surface area contributed by atoms with Crippen molar-refractivity contribution in [1.29, 1.82) is 0 Å². The first-order valence-corrected chi connectivity index (χ1v) is 12.5. The second kappa shape index (κ2) is 10.7. The molecule has 3 aromatic heterocycles. The molecule has 0 radical (unpaired) electrons. The number of aliphatic hydroxyl groups excluding tert-OH is 2. The van der Waals surface area contributed by atoms with Crippen LogP contribution < -0.4 is 22.2 Å². The maximum atomic E-state index is 9.87. The maximum absolute atomic E-state index is 9.87. The topological polar surface area (TPSA) is 131 Å². The van der Waals surface area contributed by atoms with Gasteiger partial charge in [0.1, 0.15) is 0 Å². The van der Waals surface area contributed by atoms with E-state index in [4.69, 9.17) is 17.8 Å². The Balaban J connectivity index is 1.83. The number of H-pyrrole nitrogens is 1. The van der Waals surface area contributed by atoms with Crippen molar-refractivity contribution in [3.05, 3.63) is 86.7 Å². The highest BCUT2D eigenvalue weighted by atomic mass is 16.3. The number of hydrogen-bond donors (Lipinski definition) is 5. The van der Waals surface area contributed by atoms with Gasteiger partial charge in [0.2, 0.25) is 0 Å². The predicted octanol–water partition coefficient (Wildman–Crippen LogP) is 0.170. The van der Waals surface area contributed by atoms with Crippen molar-refractivity contribution in [2.45, 2.75) is 32.4 Å². The van der Waals surface area contributed by atoms with E-state index >= 15 is 0 Å². The van der Waals surface area contributed by atoms with E-state index in [1.54, 1.807) is 0 Å². The van der Waals surface area contributed by atoms with Gasteiger partial charge in [0.25, 0.3) is 0 Å². The van der Waals surface area contributed by atoms with Crippen molar-refractivity contribution < 1.29 is 11.6 Å². The summed E-state index contributed by atoms with van der Waals surface area (Å²) < 4.78 is 13.3. The van der Waals surface area contributed by atoms with Crippen molar-refractivity contribution in [2.75, 3.05) is 26.3 Å². The third-order valence-corrected chi connectivity index (χ3v) is 6.64. The molecule has 188 valence electrons. The van der Waals surface area contributed by atoms with Crippen LogP contribution in [0.3, 0.4) is 0 Å². The van der Waals surface area contributed by atoms with E-state index in [1.807, 2.05) is 36.4 Å². The normalized spacial score (nSPS) is 14.8. The minimum Gasteiger partial charge on any atom is -0.396 e. The molecule has 2 aliphatic heterocycles. The molecule has 0 fully saturated rings. The molecule has 5 rings (SSSR count). The Labute approximate surface area is 211 Å². The molecule has 0 spiro atoms. The Hall–Kier alpha value is -3.43. The first kappa shape index (κ1) is 23.0. The minimum atomic E-state index is -0.0457. The number of aromatic amines is 1. The fourth-order valence-electron chi connectivity index (χ4n) is 5.11. The quantitative estimate of drug-likeness (QED) is 0.310. The van der Waals surface area contributed by atoms with Crippen LogP contribution in [-0.4, -0.2) is 56.3 Å². The number of aromatic nitrogens is 3. The molecule has 2 aliphatic rings. The van der Waals surface area contributed by atoms with Crippen molar-refractivity contribution in [3.63, 3.8) is 0 Å². The van der Waals surface area contributed by atoms with E-state index in [-0.39, 0.29) is 13.2 Å². The molecule has 0 unspecified atom stereocenters. The zero-order valence-corrected chi connectivity index (χ0v) is 20.4. The number of aliphatic imine (C=N–C) groups is 1. The van der Waals surface area contributed by atoms with Crippen LogP contribution in [0.1, 0.15) is 35.3 Å². The first-order chi connectivity index (χ1) is 18.1. The third-order valence-electron chi connectivity index (χ3n) is 6.64. The molecule has 3 aromatic rings. The lowest BCUT2D eigenvalue weighted by atomic mass is 10.1. The van der Waals surface area contributed by atoms with Gasteiger partial charge in [-0.05, 0) is 78.6 Å². The number of nitrogens with zero attached hydrogens (tertiary/aromatic N) is 3. The van der Waals surface area contributed by atoms with Gasteiger partial charge in [-0.3, -0.25) is 0 Å². The van der Waals surface area contributed by atoms with E-state index in [0.29, 0.717) is 51.5 Å². The van der Waals surface area contributed by atoms with E-state index < -0.39 is 0 Å². The summed E-state index contributed by atoms with van der Waals surface area (Å²) in [6.45, 7) is 2.03. The number of hydrogen-bond acceptors (Lipinski definition) is 5. The summed E-state index contributed by atoms with van der Waals surface area (Å²) in [5.41, 5.74) is 19.3. The number of rotatable bonds is 8. The van der Waals surface area contributed by atoms with E-state index in [0.717, 1.165) is 56.0 Å². The van der Waals surface area contributed by atoms with Gasteiger partial charge in [0, 0.05) is 79.3 Å². The monoisotopic (exact) mass is 487 g/mol. The number of allylic oxidation sites excluding steroid dienone is 2. The van der Waals surface area contributed by atoms with E-state index in [2.05, 4.69) is 26.3 Å². The van der Waals surface area contributed by atoms with Crippen molar-refractivity contribution >= 4 is 23.9 Å². The van der Waals surface area contributed by atoms with Gasteiger partial charge in [-0.15, -0.1) is 0 Å². The molecule has 0 saturated heterocycles. The molecule has 0 amide bonds. The van der Waals surface area contributed by atoms with Crippen LogP contribution in [-0.2, 0) is 32.4 Å². The van der Waals surface area contributed by atoms with Crippen LogP contribution in [0.4, 0.5) is 0 Å². The molecular formula is C28H34N6O2. The molecule has 36 heavy (non-hydrogen) atoms. The van der Waals surface area contributed by atoms with Gasteiger partial charge in [0.15, 0.2) is 0 Å². The van der Waals surface area contributed by atoms with Gasteiger partial charge >= 0.3 is 0 Å². The number of nitrogens with two attached hydrogens (primary N) is 2. The molecule has 8 heteroatoms. The van der Waals surface area contributed by atoms with Gasteiger partial charge in [-0.1, -0.05) is 0 Å². The van der Waals surface area contributed by atoms with Crippen molar-refractivity contribution in [2.24, 2.45) is 16.5 Å². The summed E-state index contributed by atoms with van der Waals surface area (Å²) in [5.74, 6) is 0. The average molecular weight is 488 g/mol. The van der Waals surface area contributed by atoms with E-state index in [9.17, 15) is 10.2 Å². The fourth-order valence-corrected chi connectivity index (χ4v) is 5.11. The second-order valence-corrected chi connectivity index (χ2v) is 9.08. The van der Waals surface area contributed by atoms with Gasteiger partial charge in [0.05, 0.1) is 12.8 Å². The molecule has 8 nitrogen and oxygen atoms in total. The van der Waals surface area contributed by atoms with Crippen LogP contribution in [0.25, 0.3) is 18.2 Å². The molecule has 5 heterocycles. The molecule has 0 aliphatic carbocycles. The Bertz CT molecular complexity index is 1520. The summed E-state index contributed by atoms with van der Waals surface area (Å²) in [5, 5.41) is 21.5. The zero-order valence-electron chi connectivity index (χ0n) is 21.4. The van der Waals surface area contributed by atoms with Crippen LogP contribution >= 0.6 is 0 Å². The third kappa shape index (κ3) is 4.81. The zero-order chi connectivity index (χ0) is 25.9. The average Bonchev–Trinajstić information content (AvgIpc) is 3.63. The van der Waals surface area contributed by atoms with Crippen LogP contribution in [0.5, 0.6) is 0 Å². The fraction of sp³-hybridized carbons (Fsp3) is 0.321. The van der Waals surface area contributed by atoms with Crippen LogP contribution in [0.2, 0.25) is 0 Å². The Morgan fingerprint density at radius 3 is 2.42 bits per heavy atom. The Morgan fingerprint density at radius 1 is 0.944 bits per heavy atom. The summed E-state index contributed by atoms with van der Waals surface area (Å²) in [7, 11) is 0. The van der Waals surface area contributed by atoms with Crippen LogP contribution in [0.15, 0.2) is 47.1 Å². The molecule has 0 atom stereocenters.